The summed E-state index contributed by atoms with van der Waals surface area (Å²) in [4.78, 5) is 20.7. The van der Waals surface area contributed by atoms with Crippen molar-refractivity contribution in [3.05, 3.63) is 71.8 Å². The Kier molecular flexibility index (Phi) is 11.0. The molecule has 0 aliphatic rings. The van der Waals surface area contributed by atoms with Gasteiger partial charge in [-0.2, -0.15) is 0 Å². The SMILES string of the molecule is Cl.Cl.O=C(O)c1ccc(C(=O)O)cc1.c1ccccc1. The zero-order valence-corrected chi connectivity index (χ0v) is 11.9. The third-order valence-corrected chi connectivity index (χ3v) is 2.05. The van der Waals surface area contributed by atoms with E-state index in [1.807, 2.05) is 36.4 Å². The minimum absolute atomic E-state index is 0. The zero-order chi connectivity index (χ0) is 13.4. The Morgan fingerprint density at radius 3 is 0.950 bits per heavy atom. The Labute approximate surface area is 128 Å². The normalized spacial score (nSPS) is 8.00. The summed E-state index contributed by atoms with van der Waals surface area (Å²) in [6.07, 6.45) is 0. The number of hydrogen-bond donors (Lipinski definition) is 2. The molecule has 0 heterocycles. The number of halogens is 2. The zero-order valence-electron chi connectivity index (χ0n) is 10.3. The lowest BCUT2D eigenvalue weighted by molar-refractivity contribution is 0.0681. The second-order valence-electron chi connectivity index (χ2n) is 3.34. The Morgan fingerprint density at radius 2 is 0.800 bits per heavy atom. The van der Waals surface area contributed by atoms with Crippen LogP contribution in [0, 0.1) is 0 Å². The molecule has 0 aliphatic carbocycles. The lowest BCUT2D eigenvalue weighted by atomic mass is 10.1. The number of carboxylic acid groups (broad SMARTS) is 2. The summed E-state index contributed by atoms with van der Waals surface area (Å²) in [5.41, 5.74) is 0.167. The minimum Gasteiger partial charge on any atom is -0.478 e. The van der Waals surface area contributed by atoms with Gasteiger partial charge in [0.15, 0.2) is 0 Å². The Bertz CT molecular complexity index is 453. The van der Waals surface area contributed by atoms with Crippen LogP contribution in [0.4, 0.5) is 0 Å². The maximum Gasteiger partial charge on any atom is 0.335 e. The smallest absolute Gasteiger partial charge is 0.335 e. The molecule has 108 valence electrons. The fourth-order valence-electron chi connectivity index (χ4n) is 1.14. The van der Waals surface area contributed by atoms with Gasteiger partial charge >= 0.3 is 11.9 Å². The van der Waals surface area contributed by atoms with Crippen molar-refractivity contribution in [1.82, 2.24) is 0 Å². The molecular weight excluding hydrogens is 303 g/mol. The Hall–Kier alpha value is -2.04. The van der Waals surface area contributed by atoms with Crippen molar-refractivity contribution < 1.29 is 19.8 Å². The fraction of sp³-hybridized carbons (Fsp3) is 0. The Balaban J connectivity index is 0. The fourth-order valence-corrected chi connectivity index (χ4v) is 1.14. The molecule has 0 aliphatic heterocycles. The van der Waals surface area contributed by atoms with Gasteiger partial charge in [0.25, 0.3) is 0 Å². The summed E-state index contributed by atoms with van der Waals surface area (Å²) in [6.45, 7) is 0. The average Bonchev–Trinajstić information content (AvgIpc) is 2.41. The molecule has 20 heavy (non-hydrogen) atoms. The molecule has 0 fully saturated rings. The van der Waals surface area contributed by atoms with Gasteiger partial charge in [0.05, 0.1) is 11.1 Å². The van der Waals surface area contributed by atoms with Crippen LogP contribution in [0.1, 0.15) is 20.7 Å². The topological polar surface area (TPSA) is 74.6 Å². The van der Waals surface area contributed by atoms with E-state index in [9.17, 15) is 9.59 Å². The third kappa shape index (κ3) is 7.41. The van der Waals surface area contributed by atoms with Crippen LogP contribution >= 0.6 is 24.8 Å². The molecule has 0 atom stereocenters. The highest BCUT2D eigenvalue weighted by Crippen LogP contribution is 2.03. The monoisotopic (exact) mass is 316 g/mol. The van der Waals surface area contributed by atoms with Gasteiger partial charge in [-0.25, -0.2) is 9.59 Å². The summed E-state index contributed by atoms with van der Waals surface area (Å²) in [6, 6.07) is 17.0. The number of rotatable bonds is 2. The summed E-state index contributed by atoms with van der Waals surface area (Å²) < 4.78 is 0. The van der Waals surface area contributed by atoms with E-state index in [1.165, 1.54) is 24.3 Å². The van der Waals surface area contributed by atoms with E-state index in [4.69, 9.17) is 10.2 Å². The molecular formula is C14H14Cl2O4. The molecule has 6 heteroatoms. The van der Waals surface area contributed by atoms with Crippen molar-refractivity contribution in [2.75, 3.05) is 0 Å². The van der Waals surface area contributed by atoms with Crippen molar-refractivity contribution in [2.24, 2.45) is 0 Å². The summed E-state index contributed by atoms with van der Waals surface area (Å²) in [5.74, 6) is -2.13. The molecule has 2 rings (SSSR count). The first kappa shape index (κ1) is 20.3. The number of benzene rings is 2. The second-order valence-corrected chi connectivity index (χ2v) is 3.34. The Morgan fingerprint density at radius 1 is 0.600 bits per heavy atom. The first-order valence-corrected chi connectivity index (χ1v) is 5.18. The van der Waals surface area contributed by atoms with Crippen LogP contribution in [0.3, 0.4) is 0 Å². The van der Waals surface area contributed by atoms with Crippen LogP contribution in [0.25, 0.3) is 0 Å². The van der Waals surface area contributed by atoms with Gasteiger partial charge in [-0.05, 0) is 24.3 Å². The van der Waals surface area contributed by atoms with Crippen LogP contribution in [0.2, 0.25) is 0 Å². The molecule has 0 spiro atoms. The molecule has 4 nitrogen and oxygen atoms in total. The van der Waals surface area contributed by atoms with E-state index in [0.717, 1.165) is 0 Å². The molecule has 2 N–H and O–H groups in total. The highest BCUT2D eigenvalue weighted by molar-refractivity contribution is 5.91. The summed E-state index contributed by atoms with van der Waals surface area (Å²) >= 11 is 0. The second kappa shape index (κ2) is 10.8. The van der Waals surface area contributed by atoms with Gasteiger partial charge < -0.3 is 10.2 Å². The predicted molar refractivity (Wildman–Crippen MR) is 81.3 cm³/mol. The molecule has 0 saturated heterocycles. The highest BCUT2D eigenvalue weighted by atomic mass is 35.5. The molecule has 0 unspecified atom stereocenters. The van der Waals surface area contributed by atoms with Crippen molar-refractivity contribution in [3.8, 4) is 0 Å². The van der Waals surface area contributed by atoms with Gasteiger partial charge in [0.2, 0.25) is 0 Å². The van der Waals surface area contributed by atoms with E-state index < -0.39 is 11.9 Å². The average molecular weight is 317 g/mol. The van der Waals surface area contributed by atoms with Crippen LogP contribution in [0.15, 0.2) is 60.7 Å². The maximum atomic E-state index is 10.3. The molecule has 0 aromatic heterocycles. The number of hydrogen-bond acceptors (Lipinski definition) is 2. The standard InChI is InChI=1S/C8H6O4.C6H6.2ClH/c9-7(10)5-1-2-6(4-3-5)8(11)12;1-2-4-6-5-3-1;;/h1-4H,(H,9,10)(H,11,12);1-6H;2*1H. The quantitative estimate of drug-likeness (QED) is 0.887. The van der Waals surface area contributed by atoms with Crippen molar-refractivity contribution in [1.29, 1.82) is 0 Å². The predicted octanol–water partition coefficient (Wildman–Crippen LogP) is 3.61. The third-order valence-electron chi connectivity index (χ3n) is 2.05. The summed E-state index contributed by atoms with van der Waals surface area (Å²) in [5, 5.41) is 16.9. The van der Waals surface area contributed by atoms with E-state index in [2.05, 4.69) is 0 Å². The van der Waals surface area contributed by atoms with E-state index in [0.29, 0.717) is 0 Å². The van der Waals surface area contributed by atoms with Crippen LogP contribution in [0.5, 0.6) is 0 Å². The molecule has 2 aromatic rings. The largest absolute Gasteiger partial charge is 0.478 e. The van der Waals surface area contributed by atoms with Crippen LogP contribution in [-0.4, -0.2) is 22.2 Å². The van der Waals surface area contributed by atoms with Crippen LogP contribution < -0.4 is 0 Å². The van der Waals surface area contributed by atoms with Crippen molar-refractivity contribution >= 4 is 36.8 Å². The number of carboxylic acids is 2. The highest BCUT2D eigenvalue weighted by Gasteiger charge is 2.04. The number of carbonyl (C=O) groups is 2. The molecule has 0 bridgehead atoms. The summed E-state index contributed by atoms with van der Waals surface area (Å²) in [7, 11) is 0. The van der Waals surface area contributed by atoms with Crippen LogP contribution in [-0.2, 0) is 0 Å². The van der Waals surface area contributed by atoms with E-state index in [1.54, 1.807) is 0 Å². The van der Waals surface area contributed by atoms with Gasteiger partial charge in [-0.1, -0.05) is 36.4 Å². The maximum absolute atomic E-state index is 10.3. The van der Waals surface area contributed by atoms with Gasteiger partial charge in [0.1, 0.15) is 0 Å². The molecule has 0 amide bonds. The van der Waals surface area contributed by atoms with Crippen molar-refractivity contribution in [3.63, 3.8) is 0 Å². The van der Waals surface area contributed by atoms with Gasteiger partial charge in [0, 0.05) is 0 Å². The lowest BCUT2D eigenvalue weighted by Crippen LogP contribution is -1.99. The lowest BCUT2D eigenvalue weighted by Gasteiger charge is -1.94. The van der Waals surface area contributed by atoms with E-state index >= 15 is 0 Å². The van der Waals surface area contributed by atoms with Gasteiger partial charge in [-0.3, -0.25) is 0 Å². The molecule has 2 aromatic carbocycles. The first-order chi connectivity index (χ1) is 8.61. The molecule has 0 saturated carbocycles. The molecule has 0 radical (unpaired) electrons. The van der Waals surface area contributed by atoms with Gasteiger partial charge in [-0.15, -0.1) is 24.8 Å². The minimum atomic E-state index is -1.06. The van der Waals surface area contributed by atoms with E-state index in [-0.39, 0.29) is 35.9 Å². The first-order valence-electron chi connectivity index (χ1n) is 5.18. The number of aromatic carboxylic acids is 2. The van der Waals surface area contributed by atoms with Crippen molar-refractivity contribution in [2.45, 2.75) is 0 Å².